The first-order valence-electron chi connectivity index (χ1n) is 4.41. The number of rotatable bonds is 4. The lowest BCUT2D eigenvalue weighted by Gasteiger charge is -2.13. The van der Waals surface area contributed by atoms with Crippen LogP contribution in [0.25, 0.3) is 0 Å². The number of hydrogen-bond donors (Lipinski definition) is 1. The molecule has 0 radical (unpaired) electrons. The van der Waals surface area contributed by atoms with Crippen LogP contribution in [-0.2, 0) is 0 Å². The van der Waals surface area contributed by atoms with Gasteiger partial charge in [0.1, 0.15) is 0 Å². The Hall–Kier alpha value is -0.120. The molecule has 0 aromatic heterocycles. The highest BCUT2D eigenvalue weighted by Gasteiger charge is 2.03. The van der Waals surface area contributed by atoms with E-state index in [1.807, 2.05) is 0 Å². The summed E-state index contributed by atoms with van der Waals surface area (Å²) in [5.41, 5.74) is 1.28. The molecule has 76 valence electrons. The van der Waals surface area contributed by atoms with E-state index in [2.05, 4.69) is 74.9 Å². The van der Waals surface area contributed by atoms with Crippen LogP contribution in [0.3, 0.4) is 0 Å². The van der Waals surface area contributed by atoms with Crippen LogP contribution in [0.2, 0.25) is 0 Å². The molecule has 0 bridgehead atoms. The van der Waals surface area contributed by atoms with Crippen molar-refractivity contribution in [3.63, 3.8) is 0 Å². The molecule has 1 atom stereocenters. The zero-order valence-electron chi connectivity index (χ0n) is 8.06. The van der Waals surface area contributed by atoms with Crippen molar-refractivity contribution in [2.45, 2.75) is 13.0 Å². The Kier molecular flexibility index (Phi) is 4.85. The number of benzene rings is 1. The molecule has 0 saturated carbocycles. The van der Waals surface area contributed by atoms with Gasteiger partial charge in [-0.15, -0.1) is 0 Å². The second-order valence-electron chi connectivity index (χ2n) is 3.17. The van der Waals surface area contributed by atoms with Gasteiger partial charge >= 0.3 is 0 Å². The SMILES string of the molecule is C=C(Br)CNC(C)c1ccc(Br)cc1. The number of halogens is 2. The van der Waals surface area contributed by atoms with E-state index in [1.54, 1.807) is 0 Å². The third kappa shape index (κ3) is 3.95. The first kappa shape index (κ1) is 12.0. The van der Waals surface area contributed by atoms with Crippen LogP contribution in [0.1, 0.15) is 18.5 Å². The average molecular weight is 319 g/mol. The smallest absolute Gasteiger partial charge is 0.0295 e. The summed E-state index contributed by atoms with van der Waals surface area (Å²) in [7, 11) is 0. The highest BCUT2D eigenvalue weighted by atomic mass is 79.9. The standard InChI is InChI=1S/C11H13Br2N/c1-8(12)7-14-9(2)10-3-5-11(13)6-4-10/h3-6,9,14H,1,7H2,2H3. The average Bonchev–Trinajstić information content (AvgIpc) is 2.15. The second-order valence-corrected chi connectivity index (χ2v) is 5.21. The Balaban J connectivity index is 2.56. The third-order valence-corrected chi connectivity index (χ3v) is 2.78. The summed E-state index contributed by atoms with van der Waals surface area (Å²) in [4.78, 5) is 0. The topological polar surface area (TPSA) is 12.0 Å². The Morgan fingerprint density at radius 1 is 1.43 bits per heavy atom. The molecule has 1 nitrogen and oxygen atoms in total. The van der Waals surface area contributed by atoms with Gasteiger partial charge in [0.2, 0.25) is 0 Å². The molecule has 0 amide bonds. The van der Waals surface area contributed by atoms with Crippen LogP contribution in [0.4, 0.5) is 0 Å². The largest absolute Gasteiger partial charge is 0.306 e. The molecule has 0 saturated heterocycles. The molecule has 1 rings (SSSR count). The third-order valence-electron chi connectivity index (χ3n) is 1.97. The van der Waals surface area contributed by atoms with Crippen molar-refractivity contribution >= 4 is 31.9 Å². The minimum absolute atomic E-state index is 0.345. The van der Waals surface area contributed by atoms with Crippen LogP contribution in [0.15, 0.2) is 39.8 Å². The van der Waals surface area contributed by atoms with E-state index in [1.165, 1.54) is 5.56 Å². The van der Waals surface area contributed by atoms with Crippen LogP contribution in [0.5, 0.6) is 0 Å². The van der Waals surface area contributed by atoms with E-state index in [0.717, 1.165) is 15.5 Å². The van der Waals surface area contributed by atoms with Gasteiger partial charge in [-0.1, -0.05) is 50.6 Å². The van der Waals surface area contributed by atoms with E-state index >= 15 is 0 Å². The van der Waals surface area contributed by atoms with Gasteiger partial charge in [-0.3, -0.25) is 0 Å². The number of nitrogens with one attached hydrogen (secondary N) is 1. The van der Waals surface area contributed by atoms with Gasteiger partial charge in [-0.05, 0) is 24.6 Å². The maximum atomic E-state index is 3.78. The fraction of sp³-hybridized carbons (Fsp3) is 0.273. The monoisotopic (exact) mass is 317 g/mol. The lowest BCUT2D eigenvalue weighted by atomic mass is 10.1. The van der Waals surface area contributed by atoms with E-state index < -0.39 is 0 Å². The van der Waals surface area contributed by atoms with Crippen molar-refractivity contribution < 1.29 is 0 Å². The van der Waals surface area contributed by atoms with Crippen molar-refractivity contribution in [1.29, 1.82) is 0 Å². The maximum absolute atomic E-state index is 3.78. The first-order valence-corrected chi connectivity index (χ1v) is 6.00. The van der Waals surface area contributed by atoms with Gasteiger partial charge in [0.05, 0.1) is 0 Å². The maximum Gasteiger partial charge on any atom is 0.0295 e. The summed E-state index contributed by atoms with van der Waals surface area (Å²) in [6.45, 7) is 6.71. The Morgan fingerprint density at radius 3 is 2.50 bits per heavy atom. The normalized spacial score (nSPS) is 12.5. The zero-order chi connectivity index (χ0) is 10.6. The molecular weight excluding hydrogens is 306 g/mol. The predicted octanol–water partition coefficient (Wildman–Crippen LogP) is 4.01. The van der Waals surface area contributed by atoms with E-state index in [4.69, 9.17) is 0 Å². The molecular formula is C11H13Br2N. The molecule has 1 aromatic carbocycles. The van der Waals surface area contributed by atoms with Crippen molar-refractivity contribution in [2.75, 3.05) is 6.54 Å². The molecule has 0 aliphatic heterocycles. The molecule has 0 aliphatic carbocycles. The molecule has 1 N–H and O–H groups in total. The van der Waals surface area contributed by atoms with Crippen molar-refractivity contribution in [1.82, 2.24) is 5.32 Å². The predicted molar refractivity (Wildman–Crippen MR) is 68.6 cm³/mol. The minimum Gasteiger partial charge on any atom is -0.306 e. The summed E-state index contributed by atoms with van der Waals surface area (Å²) in [5, 5.41) is 3.36. The summed E-state index contributed by atoms with van der Waals surface area (Å²) in [5.74, 6) is 0. The van der Waals surface area contributed by atoms with Gasteiger partial charge in [0.25, 0.3) is 0 Å². The van der Waals surface area contributed by atoms with Crippen LogP contribution < -0.4 is 5.32 Å². The lowest BCUT2D eigenvalue weighted by Crippen LogP contribution is -2.19. The van der Waals surface area contributed by atoms with Crippen LogP contribution >= 0.6 is 31.9 Å². The fourth-order valence-electron chi connectivity index (χ4n) is 1.13. The van der Waals surface area contributed by atoms with Crippen LogP contribution in [-0.4, -0.2) is 6.54 Å². The quantitative estimate of drug-likeness (QED) is 0.884. The van der Waals surface area contributed by atoms with Gasteiger partial charge in [0.15, 0.2) is 0 Å². The molecule has 14 heavy (non-hydrogen) atoms. The molecule has 0 fully saturated rings. The molecule has 0 aliphatic rings. The zero-order valence-corrected chi connectivity index (χ0v) is 11.2. The Bertz CT molecular complexity index is 306. The highest BCUT2D eigenvalue weighted by Crippen LogP contribution is 2.16. The van der Waals surface area contributed by atoms with Gasteiger partial charge < -0.3 is 5.32 Å². The second kappa shape index (κ2) is 5.69. The summed E-state index contributed by atoms with van der Waals surface area (Å²) in [6.07, 6.45) is 0. The van der Waals surface area contributed by atoms with Gasteiger partial charge in [0, 0.05) is 21.5 Å². The highest BCUT2D eigenvalue weighted by molar-refractivity contribution is 9.11. The molecule has 3 heteroatoms. The molecule has 1 aromatic rings. The summed E-state index contributed by atoms with van der Waals surface area (Å²) in [6, 6.07) is 8.67. The Labute approximate surface area is 102 Å². The molecule has 0 heterocycles. The van der Waals surface area contributed by atoms with Crippen molar-refractivity contribution in [3.05, 3.63) is 45.4 Å². The fourth-order valence-corrected chi connectivity index (χ4v) is 1.56. The van der Waals surface area contributed by atoms with E-state index in [9.17, 15) is 0 Å². The minimum atomic E-state index is 0.345. The van der Waals surface area contributed by atoms with E-state index in [-0.39, 0.29) is 0 Å². The summed E-state index contributed by atoms with van der Waals surface area (Å²) < 4.78 is 2.08. The van der Waals surface area contributed by atoms with Gasteiger partial charge in [-0.25, -0.2) is 0 Å². The van der Waals surface area contributed by atoms with E-state index in [0.29, 0.717) is 6.04 Å². The van der Waals surface area contributed by atoms with Crippen molar-refractivity contribution in [2.24, 2.45) is 0 Å². The van der Waals surface area contributed by atoms with Crippen molar-refractivity contribution in [3.8, 4) is 0 Å². The lowest BCUT2D eigenvalue weighted by molar-refractivity contribution is 0.616. The summed E-state index contributed by atoms with van der Waals surface area (Å²) >= 11 is 6.74. The number of hydrogen-bond acceptors (Lipinski definition) is 1. The molecule has 1 unspecified atom stereocenters. The van der Waals surface area contributed by atoms with Crippen LogP contribution in [0, 0.1) is 0 Å². The Morgan fingerprint density at radius 2 is 2.00 bits per heavy atom. The first-order chi connectivity index (χ1) is 6.59. The molecule has 0 spiro atoms. The van der Waals surface area contributed by atoms with Gasteiger partial charge in [-0.2, -0.15) is 0 Å².